The number of thiol groups is 1. The van der Waals surface area contributed by atoms with Crippen LogP contribution in [0.3, 0.4) is 0 Å². The molecule has 2 nitrogen and oxygen atoms in total. The molecule has 0 radical (unpaired) electrons. The van der Waals surface area contributed by atoms with Gasteiger partial charge in [-0.1, -0.05) is 6.08 Å². The molecule has 1 amide bonds. The van der Waals surface area contributed by atoms with Crippen LogP contribution >= 0.6 is 12.6 Å². The Hall–Kier alpha value is -1.29. The number of carbonyl (C=O) groups excluding carboxylic acids is 1. The average molecular weight is 239 g/mol. The third-order valence-corrected chi connectivity index (χ3v) is 2.45. The van der Waals surface area contributed by atoms with E-state index in [0.29, 0.717) is 12.0 Å². The summed E-state index contributed by atoms with van der Waals surface area (Å²) in [6.07, 6.45) is 2.43. The minimum atomic E-state index is -0.431. The fraction of sp³-hybridized carbons (Fsp3) is 0.250. The molecule has 4 heteroatoms. The van der Waals surface area contributed by atoms with Gasteiger partial charge >= 0.3 is 0 Å². The maximum atomic E-state index is 12.9. The summed E-state index contributed by atoms with van der Waals surface area (Å²) in [4.78, 5) is 11.9. The SMILES string of the molecule is C=CCC(C)NC(=O)c1ccc(F)c(S)c1. The van der Waals surface area contributed by atoms with Crippen LogP contribution in [0.2, 0.25) is 0 Å². The Balaban J connectivity index is 2.73. The van der Waals surface area contributed by atoms with E-state index in [1.54, 1.807) is 6.08 Å². The molecule has 0 aromatic heterocycles. The van der Waals surface area contributed by atoms with Crippen molar-refractivity contribution in [2.24, 2.45) is 0 Å². The molecule has 16 heavy (non-hydrogen) atoms. The lowest BCUT2D eigenvalue weighted by Crippen LogP contribution is -2.32. The average Bonchev–Trinajstić information content (AvgIpc) is 2.22. The van der Waals surface area contributed by atoms with Gasteiger partial charge in [0.15, 0.2) is 0 Å². The maximum Gasteiger partial charge on any atom is 0.251 e. The highest BCUT2D eigenvalue weighted by atomic mass is 32.1. The first-order chi connectivity index (χ1) is 7.54. The highest BCUT2D eigenvalue weighted by Crippen LogP contribution is 2.14. The quantitative estimate of drug-likeness (QED) is 0.614. The van der Waals surface area contributed by atoms with Crippen LogP contribution < -0.4 is 5.32 Å². The fourth-order valence-corrected chi connectivity index (χ4v) is 1.48. The minimum absolute atomic E-state index is 0.0124. The van der Waals surface area contributed by atoms with Gasteiger partial charge in [0.1, 0.15) is 5.82 Å². The molecular formula is C12H14FNOS. The predicted molar refractivity (Wildman–Crippen MR) is 65.4 cm³/mol. The second kappa shape index (κ2) is 5.70. The van der Waals surface area contributed by atoms with E-state index in [0.717, 1.165) is 0 Å². The van der Waals surface area contributed by atoms with Crippen LogP contribution in [0.1, 0.15) is 23.7 Å². The summed E-state index contributed by atoms with van der Waals surface area (Å²) in [5.41, 5.74) is 0.405. The molecule has 1 atom stereocenters. The summed E-state index contributed by atoms with van der Waals surface area (Å²) in [6, 6.07) is 4.09. The molecule has 0 spiro atoms. The van der Waals surface area contributed by atoms with Crippen molar-refractivity contribution >= 4 is 18.5 Å². The van der Waals surface area contributed by atoms with Crippen molar-refractivity contribution in [1.82, 2.24) is 5.32 Å². The van der Waals surface area contributed by atoms with Gasteiger partial charge in [0.2, 0.25) is 0 Å². The third kappa shape index (κ3) is 3.38. The summed E-state index contributed by atoms with van der Waals surface area (Å²) in [5, 5.41) is 2.78. The second-order valence-corrected chi connectivity index (χ2v) is 4.05. The molecule has 1 aromatic carbocycles. The highest BCUT2D eigenvalue weighted by Gasteiger charge is 2.10. The van der Waals surface area contributed by atoms with E-state index in [9.17, 15) is 9.18 Å². The van der Waals surface area contributed by atoms with Crippen LogP contribution in [0.25, 0.3) is 0 Å². The van der Waals surface area contributed by atoms with E-state index < -0.39 is 5.82 Å². The summed E-state index contributed by atoms with van der Waals surface area (Å²) < 4.78 is 12.9. The van der Waals surface area contributed by atoms with E-state index in [2.05, 4.69) is 24.5 Å². The summed E-state index contributed by atoms with van der Waals surface area (Å²) in [6.45, 7) is 5.47. The number of hydrogen-bond acceptors (Lipinski definition) is 2. The van der Waals surface area contributed by atoms with Gasteiger partial charge in [0.25, 0.3) is 5.91 Å². The molecule has 0 saturated heterocycles. The minimum Gasteiger partial charge on any atom is -0.349 e. The van der Waals surface area contributed by atoms with Gasteiger partial charge in [-0.2, -0.15) is 0 Å². The molecule has 1 N–H and O–H groups in total. The van der Waals surface area contributed by atoms with Gasteiger partial charge in [-0.05, 0) is 31.5 Å². The number of amides is 1. The molecule has 0 aliphatic rings. The molecule has 0 fully saturated rings. The summed E-state index contributed by atoms with van der Waals surface area (Å²) in [5.74, 6) is -0.663. The first-order valence-corrected chi connectivity index (χ1v) is 5.39. The first-order valence-electron chi connectivity index (χ1n) is 4.95. The van der Waals surface area contributed by atoms with E-state index in [1.807, 2.05) is 6.92 Å². The standard InChI is InChI=1S/C12H14FNOS/c1-3-4-8(2)14-12(15)9-5-6-10(13)11(16)7-9/h3,5-8,16H,1,4H2,2H3,(H,14,15). The molecule has 0 aliphatic heterocycles. The Morgan fingerprint density at radius 2 is 2.38 bits per heavy atom. The Morgan fingerprint density at radius 1 is 1.69 bits per heavy atom. The Kier molecular flexibility index (Phi) is 4.55. The Bertz CT molecular complexity index is 406. The number of nitrogens with one attached hydrogen (secondary N) is 1. The van der Waals surface area contributed by atoms with Crippen molar-refractivity contribution in [2.45, 2.75) is 24.3 Å². The Labute approximate surface area is 100.0 Å². The van der Waals surface area contributed by atoms with E-state index in [4.69, 9.17) is 0 Å². The molecule has 1 rings (SSSR count). The zero-order valence-electron chi connectivity index (χ0n) is 9.03. The Morgan fingerprint density at radius 3 is 2.94 bits per heavy atom. The maximum absolute atomic E-state index is 12.9. The molecular weight excluding hydrogens is 225 g/mol. The van der Waals surface area contributed by atoms with Crippen LogP contribution in [-0.4, -0.2) is 11.9 Å². The van der Waals surface area contributed by atoms with Crippen molar-refractivity contribution in [3.63, 3.8) is 0 Å². The van der Waals surface area contributed by atoms with Crippen LogP contribution in [0, 0.1) is 5.82 Å². The van der Waals surface area contributed by atoms with Crippen molar-refractivity contribution in [3.05, 3.63) is 42.2 Å². The third-order valence-electron chi connectivity index (χ3n) is 2.11. The summed E-state index contributed by atoms with van der Waals surface area (Å²) >= 11 is 3.92. The van der Waals surface area contributed by atoms with Crippen LogP contribution in [0.15, 0.2) is 35.7 Å². The lowest BCUT2D eigenvalue weighted by Gasteiger charge is -2.11. The van der Waals surface area contributed by atoms with Crippen molar-refractivity contribution in [2.75, 3.05) is 0 Å². The van der Waals surface area contributed by atoms with Gasteiger partial charge < -0.3 is 5.32 Å². The second-order valence-electron chi connectivity index (χ2n) is 3.57. The number of halogens is 1. The summed E-state index contributed by atoms with van der Waals surface area (Å²) in [7, 11) is 0. The zero-order chi connectivity index (χ0) is 12.1. The van der Waals surface area contributed by atoms with E-state index in [-0.39, 0.29) is 16.8 Å². The number of rotatable bonds is 4. The molecule has 0 heterocycles. The highest BCUT2D eigenvalue weighted by molar-refractivity contribution is 7.80. The van der Waals surface area contributed by atoms with E-state index in [1.165, 1.54) is 18.2 Å². The molecule has 1 unspecified atom stereocenters. The number of benzene rings is 1. The largest absolute Gasteiger partial charge is 0.349 e. The number of carbonyl (C=O) groups is 1. The van der Waals surface area contributed by atoms with Crippen LogP contribution in [-0.2, 0) is 0 Å². The molecule has 0 bridgehead atoms. The van der Waals surface area contributed by atoms with E-state index >= 15 is 0 Å². The zero-order valence-corrected chi connectivity index (χ0v) is 9.93. The van der Waals surface area contributed by atoms with Crippen LogP contribution in [0.4, 0.5) is 4.39 Å². The van der Waals surface area contributed by atoms with Gasteiger partial charge in [-0.15, -0.1) is 19.2 Å². The van der Waals surface area contributed by atoms with Gasteiger partial charge in [-0.3, -0.25) is 4.79 Å². The monoisotopic (exact) mass is 239 g/mol. The predicted octanol–water partition coefficient (Wildman–Crippen LogP) is 2.81. The molecule has 0 aliphatic carbocycles. The van der Waals surface area contributed by atoms with Crippen LogP contribution in [0.5, 0.6) is 0 Å². The van der Waals surface area contributed by atoms with Crippen molar-refractivity contribution in [1.29, 1.82) is 0 Å². The smallest absolute Gasteiger partial charge is 0.251 e. The van der Waals surface area contributed by atoms with Gasteiger partial charge in [0.05, 0.1) is 0 Å². The van der Waals surface area contributed by atoms with Crippen molar-refractivity contribution in [3.8, 4) is 0 Å². The number of hydrogen-bond donors (Lipinski definition) is 2. The topological polar surface area (TPSA) is 29.1 Å². The lowest BCUT2D eigenvalue weighted by molar-refractivity contribution is 0.0940. The normalized spacial score (nSPS) is 11.9. The van der Waals surface area contributed by atoms with Gasteiger partial charge in [-0.25, -0.2) is 4.39 Å². The molecule has 0 saturated carbocycles. The lowest BCUT2D eigenvalue weighted by atomic mass is 10.1. The molecule has 86 valence electrons. The molecule has 1 aromatic rings. The van der Waals surface area contributed by atoms with Crippen molar-refractivity contribution < 1.29 is 9.18 Å². The fourth-order valence-electron chi connectivity index (χ4n) is 1.27. The van der Waals surface area contributed by atoms with Gasteiger partial charge in [0, 0.05) is 16.5 Å². The first kappa shape index (κ1) is 12.8.